The van der Waals surface area contributed by atoms with Gasteiger partial charge in [-0.25, -0.2) is 4.79 Å². The van der Waals surface area contributed by atoms with Gasteiger partial charge in [-0.15, -0.1) is 0 Å². The Balaban J connectivity index is 1.82. The predicted octanol–water partition coefficient (Wildman–Crippen LogP) is 3.60. The van der Waals surface area contributed by atoms with Crippen LogP contribution in [0.5, 0.6) is 5.75 Å². The van der Waals surface area contributed by atoms with Crippen LogP contribution in [0, 0.1) is 0 Å². The molecule has 3 aromatic carbocycles. The van der Waals surface area contributed by atoms with E-state index in [-0.39, 0.29) is 13.2 Å². The number of fused-ring (bicyclic) bond motifs is 3. The largest absolute Gasteiger partial charge is 0.497 e. The molecule has 0 saturated heterocycles. The zero-order chi connectivity index (χ0) is 22.0. The van der Waals surface area contributed by atoms with Gasteiger partial charge in [0, 0.05) is 28.5 Å². The molecular formula is C23H22N4O4. The standard InChI is InChI=1S/C23H22N4O4/c1-30-16-4-2-3-13(9-16)14-10-18-17-6-5-15(26-23(29)31-8-7-24)12-20(17)27-21(18)19(11-14)22(25)28/h2-6,9-12,27H,7-8,24H2,1H3,(H2,25,28)(H,26,29). The molecule has 31 heavy (non-hydrogen) atoms. The van der Waals surface area contributed by atoms with Gasteiger partial charge in [-0.2, -0.15) is 0 Å². The molecule has 0 aliphatic carbocycles. The molecule has 0 radical (unpaired) electrons. The number of carbonyl (C=O) groups excluding carboxylic acids is 2. The van der Waals surface area contributed by atoms with Crippen LogP contribution in [0.2, 0.25) is 0 Å². The molecule has 0 bridgehead atoms. The van der Waals surface area contributed by atoms with Gasteiger partial charge in [0.05, 0.1) is 18.2 Å². The molecule has 4 rings (SSSR count). The molecule has 0 saturated carbocycles. The first-order chi connectivity index (χ1) is 15.0. The molecule has 0 spiro atoms. The van der Waals surface area contributed by atoms with Crippen molar-refractivity contribution in [1.82, 2.24) is 4.98 Å². The third kappa shape index (κ3) is 4.01. The summed E-state index contributed by atoms with van der Waals surface area (Å²) in [7, 11) is 1.61. The summed E-state index contributed by atoms with van der Waals surface area (Å²) in [5.74, 6) is 0.180. The van der Waals surface area contributed by atoms with Crippen LogP contribution >= 0.6 is 0 Å². The fourth-order valence-corrected chi connectivity index (χ4v) is 3.55. The summed E-state index contributed by atoms with van der Waals surface area (Å²) in [6, 6.07) is 16.8. The van der Waals surface area contributed by atoms with Crippen molar-refractivity contribution in [3.8, 4) is 16.9 Å². The second-order valence-corrected chi connectivity index (χ2v) is 6.98. The number of benzene rings is 3. The quantitative estimate of drug-likeness (QED) is 0.380. The first-order valence-electron chi connectivity index (χ1n) is 9.67. The Hall–Kier alpha value is -4.04. The van der Waals surface area contributed by atoms with E-state index >= 15 is 0 Å². The second kappa shape index (κ2) is 8.37. The maximum Gasteiger partial charge on any atom is 0.411 e. The van der Waals surface area contributed by atoms with Crippen LogP contribution in [0.3, 0.4) is 0 Å². The highest BCUT2D eigenvalue weighted by Gasteiger charge is 2.16. The van der Waals surface area contributed by atoms with Crippen LogP contribution in [0.25, 0.3) is 32.9 Å². The van der Waals surface area contributed by atoms with E-state index in [1.165, 1.54) is 0 Å². The molecule has 6 N–H and O–H groups in total. The van der Waals surface area contributed by atoms with Gasteiger partial charge in [0.1, 0.15) is 12.4 Å². The van der Waals surface area contributed by atoms with Crippen LogP contribution in [0.15, 0.2) is 54.6 Å². The number of H-pyrrole nitrogens is 1. The highest BCUT2D eigenvalue weighted by Crippen LogP contribution is 2.34. The second-order valence-electron chi connectivity index (χ2n) is 6.98. The molecule has 1 heterocycles. The number of carbonyl (C=O) groups is 2. The van der Waals surface area contributed by atoms with E-state index in [1.54, 1.807) is 25.3 Å². The number of primary amides is 1. The van der Waals surface area contributed by atoms with E-state index in [2.05, 4.69) is 10.3 Å². The van der Waals surface area contributed by atoms with Gasteiger partial charge in [-0.3, -0.25) is 10.1 Å². The molecule has 158 valence electrons. The average Bonchev–Trinajstić information content (AvgIpc) is 3.14. The normalized spacial score (nSPS) is 10.9. The summed E-state index contributed by atoms with van der Waals surface area (Å²) in [6.45, 7) is 0.384. The first-order valence-corrected chi connectivity index (χ1v) is 9.67. The number of nitrogens with two attached hydrogens (primary N) is 2. The summed E-state index contributed by atoms with van der Waals surface area (Å²) < 4.78 is 10.3. The maximum atomic E-state index is 12.2. The van der Waals surface area contributed by atoms with Crippen molar-refractivity contribution in [1.29, 1.82) is 0 Å². The molecule has 0 atom stereocenters. The van der Waals surface area contributed by atoms with Gasteiger partial charge < -0.3 is 25.9 Å². The van der Waals surface area contributed by atoms with Crippen LogP contribution < -0.4 is 21.5 Å². The zero-order valence-corrected chi connectivity index (χ0v) is 16.9. The average molecular weight is 418 g/mol. The Morgan fingerprint density at radius 1 is 1.03 bits per heavy atom. The van der Waals surface area contributed by atoms with Crippen molar-refractivity contribution in [3.05, 3.63) is 60.2 Å². The lowest BCUT2D eigenvalue weighted by molar-refractivity contribution is 0.100. The van der Waals surface area contributed by atoms with Gasteiger partial charge in [0.2, 0.25) is 0 Å². The van der Waals surface area contributed by atoms with Gasteiger partial charge in [0.25, 0.3) is 5.91 Å². The van der Waals surface area contributed by atoms with Crippen molar-refractivity contribution in [2.75, 3.05) is 25.6 Å². The molecule has 8 nitrogen and oxygen atoms in total. The molecule has 0 aliphatic heterocycles. The van der Waals surface area contributed by atoms with E-state index in [4.69, 9.17) is 20.9 Å². The van der Waals surface area contributed by atoms with Crippen LogP contribution in [0.1, 0.15) is 10.4 Å². The summed E-state index contributed by atoms with van der Waals surface area (Å²) >= 11 is 0. The lowest BCUT2D eigenvalue weighted by Crippen LogP contribution is -2.18. The number of aromatic nitrogens is 1. The minimum absolute atomic E-state index is 0.134. The Labute approximate surface area is 178 Å². The summed E-state index contributed by atoms with van der Waals surface area (Å²) in [5, 5.41) is 4.40. The number of rotatable bonds is 6. The molecule has 0 aliphatic rings. The van der Waals surface area contributed by atoms with Gasteiger partial charge in [0.15, 0.2) is 0 Å². The molecule has 2 amide bonds. The van der Waals surface area contributed by atoms with Crippen molar-refractivity contribution < 1.29 is 19.1 Å². The lowest BCUT2D eigenvalue weighted by Gasteiger charge is -2.08. The predicted molar refractivity (Wildman–Crippen MR) is 120 cm³/mol. The molecule has 0 unspecified atom stereocenters. The van der Waals surface area contributed by atoms with Crippen molar-refractivity contribution in [2.45, 2.75) is 0 Å². The maximum absolute atomic E-state index is 12.2. The van der Waals surface area contributed by atoms with E-state index in [0.29, 0.717) is 16.8 Å². The molecular weight excluding hydrogens is 396 g/mol. The number of aromatic amines is 1. The fraction of sp³-hybridized carbons (Fsp3) is 0.130. The Kier molecular flexibility index (Phi) is 5.46. The number of hydrogen-bond acceptors (Lipinski definition) is 5. The third-order valence-electron chi connectivity index (χ3n) is 4.97. The smallest absolute Gasteiger partial charge is 0.411 e. The highest BCUT2D eigenvalue weighted by atomic mass is 16.5. The van der Waals surface area contributed by atoms with Gasteiger partial charge in [-0.05, 0) is 47.5 Å². The Bertz CT molecular complexity index is 1300. The number of nitrogens with one attached hydrogen (secondary N) is 2. The van der Waals surface area contributed by atoms with Crippen LogP contribution in [-0.4, -0.2) is 37.2 Å². The third-order valence-corrected chi connectivity index (χ3v) is 4.97. The van der Waals surface area contributed by atoms with E-state index in [1.807, 2.05) is 36.4 Å². The van der Waals surface area contributed by atoms with Gasteiger partial charge in [-0.1, -0.05) is 18.2 Å². The van der Waals surface area contributed by atoms with Crippen molar-refractivity contribution in [2.24, 2.45) is 11.5 Å². The zero-order valence-electron chi connectivity index (χ0n) is 16.9. The summed E-state index contributed by atoms with van der Waals surface area (Å²) in [6.07, 6.45) is -0.584. The van der Waals surface area contributed by atoms with Crippen molar-refractivity contribution >= 4 is 39.5 Å². The van der Waals surface area contributed by atoms with E-state index < -0.39 is 12.0 Å². The molecule has 0 fully saturated rings. The number of ether oxygens (including phenoxy) is 2. The molecule has 4 aromatic rings. The van der Waals surface area contributed by atoms with Gasteiger partial charge >= 0.3 is 6.09 Å². The first kappa shape index (κ1) is 20.2. The minimum atomic E-state index is -0.584. The highest BCUT2D eigenvalue weighted by molar-refractivity contribution is 6.16. The minimum Gasteiger partial charge on any atom is -0.497 e. The van der Waals surface area contributed by atoms with Crippen LogP contribution in [-0.2, 0) is 4.74 Å². The summed E-state index contributed by atoms with van der Waals surface area (Å²) in [5.41, 5.74) is 15.1. The number of hydrogen-bond donors (Lipinski definition) is 4. The number of anilines is 1. The van der Waals surface area contributed by atoms with Crippen molar-refractivity contribution in [3.63, 3.8) is 0 Å². The molecule has 8 heteroatoms. The van der Waals surface area contributed by atoms with E-state index in [0.717, 1.165) is 33.2 Å². The van der Waals surface area contributed by atoms with E-state index in [9.17, 15) is 9.59 Å². The number of methoxy groups -OCH3 is 1. The monoisotopic (exact) mass is 418 g/mol. The topological polar surface area (TPSA) is 132 Å². The Morgan fingerprint density at radius 3 is 2.61 bits per heavy atom. The Morgan fingerprint density at radius 2 is 1.87 bits per heavy atom. The lowest BCUT2D eigenvalue weighted by atomic mass is 9.98. The number of amides is 2. The van der Waals surface area contributed by atoms with Crippen LogP contribution in [0.4, 0.5) is 10.5 Å². The molecule has 1 aromatic heterocycles. The summed E-state index contributed by atoms with van der Waals surface area (Å²) in [4.78, 5) is 27.3. The SMILES string of the molecule is COc1cccc(-c2cc(C(N)=O)c3[nH]c4cc(NC(=O)OCCN)ccc4c3c2)c1. The fourth-order valence-electron chi connectivity index (χ4n) is 3.55.